The minimum absolute atomic E-state index is 0.236. The minimum atomic E-state index is -0.726. The van der Waals surface area contributed by atoms with Crippen LogP contribution in [-0.2, 0) is 4.74 Å². The quantitative estimate of drug-likeness (QED) is 0.913. The van der Waals surface area contributed by atoms with Crippen molar-refractivity contribution in [1.82, 2.24) is 0 Å². The number of carbonyl (C=O) groups excluding carboxylic acids is 1. The van der Waals surface area contributed by atoms with E-state index in [-0.39, 0.29) is 6.10 Å². The molecule has 0 saturated heterocycles. The van der Waals surface area contributed by atoms with E-state index in [1.54, 1.807) is 0 Å². The number of halogens is 1. The van der Waals surface area contributed by atoms with E-state index < -0.39 is 6.09 Å². The number of amides is 1. The van der Waals surface area contributed by atoms with Crippen molar-refractivity contribution < 1.29 is 9.53 Å². The molecule has 82 valence electrons. The van der Waals surface area contributed by atoms with Crippen molar-refractivity contribution in [3.05, 3.63) is 34.3 Å². The molecular formula is C11H14BrNO2. The van der Waals surface area contributed by atoms with Crippen LogP contribution in [0.2, 0.25) is 0 Å². The van der Waals surface area contributed by atoms with E-state index in [0.717, 1.165) is 22.9 Å². The van der Waals surface area contributed by atoms with E-state index in [4.69, 9.17) is 10.5 Å². The van der Waals surface area contributed by atoms with Crippen LogP contribution in [0.15, 0.2) is 28.7 Å². The lowest BCUT2D eigenvalue weighted by Gasteiger charge is -2.16. The van der Waals surface area contributed by atoms with E-state index in [1.165, 1.54) is 0 Å². The lowest BCUT2D eigenvalue weighted by molar-refractivity contribution is 0.101. The highest BCUT2D eigenvalue weighted by Crippen LogP contribution is 2.24. The van der Waals surface area contributed by atoms with Gasteiger partial charge in [0.15, 0.2) is 0 Å². The van der Waals surface area contributed by atoms with Crippen LogP contribution in [0, 0.1) is 0 Å². The maximum absolute atomic E-state index is 10.7. The number of nitrogens with two attached hydrogens (primary N) is 1. The first kappa shape index (κ1) is 12.0. The lowest BCUT2D eigenvalue weighted by Crippen LogP contribution is -2.17. The van der Waals surface area contributed by atoms with Crippen LogP contribution >= 0.6 is 15.9 Å². The average Bonchev–Trinajstić information content (AvgIpc) is 2.17. The van der Waals surface area contributed by atoms with Crippen LogP contribution in [0.4, 0.5) is 4.79 Å². The smallest absolute Gasteiger partial charge is 0.405 e. The van der Waals surface area contributed by atoms with E-state index in [2.05, 4.69) is 15.9 Å². The van der Waals surface area contributed by atoms with Crippen LogP contribution in [0.3, 0.4) is 0 Å². The second-order valence-electron chi connectivity index (χ2n) is 3.27. The fourth-order valence-corrected chi connectivity index (χ4v) is 1.64. The molecular weight excluding hydrogens is 258 g/mol. The molecule has 1 aromatic carbocycles. The van der Waals surface area contributed by atoms with Gasteiger partial charge in [-0.3, -0.25) is 0 Å². The Morgan fingerprint density at radius 3 is 2.53 bits per heavy atom. The summed E-state index contributed by atoms with van der Waals surface area (Å²) in [4.78, 5) is 10.7. The first-order chi connectivity index (χ1) is 7.13. The lowest BCUT2D eigenvalue weighted by atomic mass is 10.1. The largest absolute Gasteiger partial charge is 0.442 e. The summed E-state index contributed by atoms with van der Waals surface area (Å²) in [5, 5.41) is 0. The number of hydrogen-bond acceptors (Lipinski definition) is 2. The molecule has 1 unspecified atom stereocenters. The van der Waals surface area contributed by atoms with Gasteiger partial charge in [-0.2, -0.15) is 0 Å². The standard InChI is InChI=1S/C11H14BrNO2/c1-2-3-10(15-11(13)14)8-4-6-9(12)7-5-8/h4-7,10H,2-3H2,1H3,(H2,13,14). The summed E-state index contributed by atoms with van der Waals surface area (Å²) in [5.41, 5.74) is 5.99. The summed E-state index contributed by atoms with van der Waals surface area (Å²) < 4.78 is 6.04. The number of primary amides is 1. The fraction of sp³-hybridized carbons (Fsp3) is 0.364. The molecule has 2 N–H and O–H groups in total. The molecule has 1 atom stereocenters. The van der Waals surface area contributed by atoms with Gasteiger partial charge in [-0.05, 0) is 24.1 Å². The van der Waals surface area contributed by atoms with Crippen molar-refractivity contribution in [3.63, 3.8) is 0 Å². The third-order valence-corrected chi connectivity index (χ3v) is 2.58. The van der Waals surface area contributed by atoms with Crippen LogP contribution in [0.1, 0.15) is 31.4 Å². The zero-order chi connectivity index (χ0) is 11.3. The second kappa shape index (κ2) is 5.75. The summed E-state index contributed by atoms with van der Waals surface area (Å²) >= 11 is 3.35. The van der Waals surface area contributed by atoms with Crippen molar-refractivity contribution >= 4 is 22.0 Å². The minimum Gasteiger partial charge on any atom is -0.442 e. The zero-order valence-corrected chi connectivity index (χ0v) is 10.2. The van der Waals surface area contributed by atoms with Gasteiger partial charge in [0, 0.05) is 4.47 Å². The van der Waals surface area contributed by atoms with Crippen molar-refractivity contribution in [2.75, 3.05) is 0 Å². The zero-order valence-electron chi connectivity index (χ0n) is 8.57. The predicted molar refractivity (Wildman–Crippen MR) is 62.5 cm³/mol. The van der Waals surface area contributed by atoms with Crippen molar-refractivity contribution in [2.24, 2.45) is 5.73 Å². The Labute approximate surface area is 97.7 Å². The van der Waals surface area contributed by atoms with E-state index in [1.807, 2.05) is 31.2 Å². The highest BCUT2D eigenvalue weighted by atomic mass is 79.9. The Balaban J connectivity index is 2.78. The first-order valence-electron chi connectivity index (χ1n) is 4.85. The summed E-state index contributed by atoms with van der Waals surface area (Å²) in [5.74, 6) is 0. The SMILES string of the molecule is CCCC(OC(N)=O)c1ccc(Br)cc1. The Morgan fingerprint density at radius 2 is 2.07 bits per heavy atom. The van der Waals surface area contributed by atoms with Crippen molar-refractivity contribution in [1.29, 1.82) is 0 Å². The molecule has 0 aliphatic heterocycles. The van der Waals surface area contributed by atoms with Crippen molar-refractivity contribution in [2.45, 2.75) is 25.9 Å². The molecule has 0 fully saturated rings. The molecule has 0 bridgehead atoms. The Kier molecular flexibility index (Phi) is 4.62. The molecule has 15 heavy (non-hydrogen) atoms. The van der Waals surface area contributed by atoms with Gasteiger partial charge >= 0.3 is 6.09 Å². The molecule has 4 heteroatoms. The molecule has 0 saturated carbocycles. The van der Waals surface area contributed by atoms with Gasteiger partial charge in [-0.15, -0.1) is 0 Å². The van der Waals surface area contributed by atoms with Gasteiger partial charge in [0.1, 0.15) is 6.10 Å². The molecule has 0 aromatic heterocycles. The number of rotatable bonds is 4. The number of benzene rings is 1. The molecule has 3 nitrogen and oxygen atoms in total. The van der Waals surface area contributed by atoms with E-state index >= 15 is 0 Å². The second-order valence-corrected chi connectivity index (χ2v) is 4.18. The van der Waals surface area contributed by atoms with Gasteiger partial charge < -0.3 is 10.5 Å². The average molecular weight is 272 g/mol. The number of hydrogen-bond donors (Lipinski definition) is 1. The van der Waals surface area contributed by atoms with Gasteiger partial charge in [-0.25, -0.2) is 4.79 Å². The summed E-state index contributed by atoms with van der Waals surface area (Å²) in [6.07, 6.45) is 0.760. The highest BCUT2D eigenvalue weighted by Gasteiger charge is 2.13. The molecule has 0 heterocycles. The summed E-state index contributed by atoms with van der Waals surface area (Å²) in [7, 11) is 0. The highest BCUT2D eigenvalue weighted by molar-refractivity contribution is 9.10. The maximum Gasteiger partial charge on any atom is 0.405 e. The third kappa shape index (κ3) is 3.91. The number of carbonyl (C=O) groups is 1. The molecule has 1 aromatic rings. The maximum atomic E-state index is 10.7. The van der Waals surface area contributed by atoms with Gasteiger partial charge in [0.2, 0.25) is 0 Å². The van der Waals surface area contributed by atoms with Crippen molar-refractivity contribution in [3.8, 4) is 0 Å². The van der Waals surface area contributed by atoms with Gasteiger partial charge in [0.05, 0.1) is 0 Å². The molecule has 0 radical (unpaired) electrons. The fourth-order valence-electron chi connectivity index (χ4n) is 1.37. The van der Waals surface area contributed by atoms with Crippen LogP contribution in [0.25, 0.3) is 0 Å². The molecule has 0 aliphatic rings. The molecule has 0 spiro atoms. The third-order valence-electron chi connectivity index (χ3n) is 2.05. The Hall–Kier alpha value is -1.03. The molecule has 1 rings (SSSR count). The number of ether oxygens (including phenoxy) is 1. The Morgan fingerprint density at radius 1 is 1.47 bits per heavy atom. The van der Waals surface area contributed by atoms with Crippen LogP contribution < -0.4 is 5.73 Å². The molecule has 0 aliphatic carbocycles. The van der Waals surface area contributed by atoms with Gasteiger partial charge in [-0.1, -0.05) is 41.4 Å². The van der Waals surface area contributed by atoms with Crippen LogP contribution in [-0.4, -0.2) is 6.09 Å². The normalized spacial score (nSPS) is 12.1. The Bertz CT molecular complexity index is 324. The van der Waals surface area contributed by atoms with E-state index in [9.17, 15) is 4.79 Å². The molecule has 1 amide bonds. The summed E-state index contributed by atoms with van der Waals surface area (Å²) in [6.45, 7) is 2.04. The predicted octanol–water partition coefficient (Wildman–Crippen LogP) is 3.39. The summed E-state index contributed by atoms with van der Waals surface area (Å²) in [6, 6.07) is 7.69. The van der Waals surface area contributed by atoms with Crippen LogP contribution in [0.5, 0.6) is 0 Å². The van der Waals surface area contributed by atoms with E-state index in [0.29, 0.717) is 0 Å². The first-order valence-corrected chi connectivity index (χ1v) is 5.64. The topological polar surface area (TPSA) is 52.3 Å². The van der Waals surface area contributed by atoms with Gasteiger partial charge in [0.25, 0.3) is 0 Å². The monoisotopic (exact) mass is 271 g/mol.